The zero-order valence-corrected chi connectivity index (χ0v) is 15.7. The van der Waals surface area contributed by atoms with E-state index in [1.165, 1.54) is 12.1 Å². The Morgan fingerprint density at radius 2 is 1.93 bits per heavy atom. The SMILES string of the molecule is O=C(COC(=O)c1ccc(CN2CCCC2=O)cc1)Nc1ccc(F)c(Cl)c1. The Hall–Kier alpha value is -2.93. The van der Waals surface area contributed by atoms with Crippen molar-refractivity contribution in [3.05, 3.63) is 64.4 Å². The van der Waals surface area contributed by atoms with Crippen LogP contribution in [0.1, 0.15) is 28.8 Å². The van der Waals surface area contributed by atoms with Crippen molar-refractivity contribution < 1.29 is 23.5 Å². The molecule has 0 radical (unpaired) electrons. The van der Waals surface area contributed by atoms with E-state index in [1.54, 1.807) is 29.2 Å². The fourth-order valence-electron chi connectivity index (χ4n) is 2.82. The first-order chi connectivity index (χ1) is 13.4. The third-order valence-electron chi connectivity index (χ3n) is 4.27. The van der Waals surface area contributed by atoms with Crippen LogP contribution in [0.2, 0.25) is 5.02 Å². The molecule has 1 N–H and O–H groups in total. The monoisotopic (exact) mass is 404 g/mol. The van der Waals surface area contributed by atoms with Crippen LogP contribution in [0.25, 0.3) is 0 Å². The molecule has 1 heterocycles. The quantitative estimate of drug-likeness (QED) is 0.749. The minimum atomic E-state index is -0.643. The lowest BCUT2D eigenvalue weighted by molar-refractivity contribution is -0.128. The second-order valence-electron chi connectivity index (χ2n) is 6.37. The molecule has 2 aromatic carbocycles. The van der Waals surface area contributed by atoms with Crippen molar-refractivity contribution >= 4 is 35.1 Å². The van der Waals surface area contributed by atoms with Gasteiger partial charge in [-0.2, -0.15) is 0 Å². The van der Waals surface area contributed by atoms with E-state index in [-0.39, 0.29) is 10.9 Å². The van der Waals surface area contributed by atoms with Crippen LogP contribution in [0.4, 0.5) is 10.1 Å². The molecule has 1 saturated heterocycles. The summed E-state index contributed by atoms with van der Waals surface area (Å²) in [6.07, 6.45) is 1.45. The van der Waals surface area contributed by atoms with Crippen molar-refractivity contribution in [3.8, 4) is 0 Å². The molecule has 2 amide bonds. The lowest BCUT2D eigenvalue weighted by Gasteiger charge is -2.15. The maximum Gasteiger partial charge on any atom is 0.338 e. The molecule has 1 fully saturated rings. The van der Waals surface area contributed by atoms with Crippen molar-refractivity contribution in [2.24, 2.45) is 0 Å². The molecular weight excluding hydrogens is 387 g/mol. The molecule has 0 aliphatic carbocycles. The van der Waals surface area contributed by atoms with E-state index in [0.29, 0.717) is 24.2 Å². The summed E-state index contributed by atoms with van der Waals surface area (Å²) in [5.74, 6) is -1.67. The third kappa shape index (κ3) is 5.07. The third-order valence-corrected chi connectivity index (χ3v) is 4.56. The highest BCUT2D eigenvalue weighted by Gasteiger charge is 2.20. The number of amides is 2. The molecule has 6 nitrogen and oxygen atoms in total. The van der Waals surface area contributed by atoms with Gasteiger partial charge in [0.1, 0.15) is 5.82 Å². The number of nitrogens with one attached hydrogen (secondary N) is 1. The van der Waals surface area contributed by atoms with E-state index < -0.39 is 24.3 Å². The van der Waals surface area contributed by atoms with Gasteiger partial charge in [0.15, 0.2) is 6.61 Å². The van der Waals surface area contributed by atoms with E-state index in [4.69, 9.17) is 16.3 Å². The Balaban J connectivity index is 1.49. The first-order valence-corrected chi connectivity index (χ1v) is 9.09. The minimum Gasteiger partial charge on any atom is -0.452 e. The van der Waals surface area contributed by atoms with Gasteiger partial charge in [-0.15, -0.1) is 0 Å². The summed E-state index contributed by atoms with van der Waals surface area (Å²) in [6.45, 7) is 0.770. The van der Waals surface area contributed by atoms with Crippen LogP contribution in [0, 0.1) is 5.82 Å². The van der Waals surface area contributed by atoms with E-state index >= 15 is 0 Å². The largest absolute Gasteiger partial charge is 0.452 e. The number of esters is 1. The number of carbonyl (C=O) groups excluding carboxylic acids is 3. The second kappa shape index (κ2) is 8.84. The molecule has 0 spiro atoms. The van der Waals surface area contributed by atoms with Gasteiger partial charge in [0.25, 0.3) is 5.91 Å². The number of halogens is 2. The van der Waals surface area contributed by atoms with Gasteiger partial charge < -0.3 is 15.0 Å². The smallest absolute Gasteiger partial charge is 0.338 e. The number of hydrogen-bond donors (Lipinski definition) is 1. The predicted octanol–water partition coefficient (Wildman–Crippen LogP) is 3.40. The molecule has 0 aromatic heterocycles. The highest BCUT2D eigenvalue weighted by Crippen LogP contribution is 2.19. The minimum absolute atomic E-state index is 0.120. The van der Waals surface area contributed by atoms with E-state index in [0.717, 1.165) is 24.6 Å². The van der Waals surface area contributed by atoms with E-state index in [1.807, 2.05) is 0 Å². The fourth-order valence-corrected chi connectivity index (χ4v) is 3.00. The molecule has 146 valence electrons. The number of ether oxygens (including phenoxy) is 1. The van der Waals surface area contributed by atoms with Gasteiger partial charge in [0, 0.05) is 25.2 Å². The summed E-state index contributed by atoms with van der Waals surface area (Å²) in [5.41, 5.74) is 1.51. The summed E-state index contributed by atoms with van der Waals surface area (Å²) < 4.78 is 18.1. The number of likely N-dealkylation sites (tertiary alicyclic amines) is 1. The Labute approximate surface area is 166 Å². The lowest BCUT2D eigenvalue weighted by Crippen LogP contribution is -2.23. The molecule has 0 unspecified atom stereocenters. The molecular formula is C20H18ClFN2O4. The Morgan fingerprint density at radius 3 is 2.57 bits per heavy atom. The van der Waals surface area contributed by atoms with Gasteiger partial charge in [-0.05, 0) is 42.3 Å². The summed E-state index contributed by atoms with van der Waals surface area (Å²) in [5, 5.41) is 2.35. The zero-order chi connectivity index (χ0) is 20.1. The second-order valence-corrected chi connectivity index (χ2v) is 6.78. The molecule has 2 aromatic rings. The topological polar surface area (TPSA) is 75.7 Å². The fraction of sp³-hybridized carbons (Fsp3) is 0.250. The number of nitrogens with zero attached hydrogens (tertiary/aromatic N) is 1. The molecule has 3 rings (SSSR count). The maximum atomic E-state index is 13.1. The van der Waals surface area contributed by atoms with Crippen molar-refractivity contribution in [2.75, 3.05) is 18.5 Å². The Morgan fingerprint density at radius 1 is 1.18 bits per heavy atom. The first kappa shape index (κ1) is 19.8. The van der Waals surface area contributed by atoms with E-state index in [9.17, 15) is 18.8 Å². The number of benzene rings is 2. The van der Waals surface area contributed by atoms with Gasteiger partial charge in [-0.25, -0.2) is 9.18 Å². The maximum absolute atomic E-state index is 13.1. The predicted molar refractivity (Wildman–Crippen MR) is 101 cm³/mol. The van der Waals surface area contributed by atoms with E-state index in [2.05, 4.69) is 5.32 Å². The first-order valence-electron chi connectivity index (χ1n) is 8.71. The molecule has 0 saturated carbocycles. The van der Waals surface area contributed by atoms with Crippen LogP contribution in [0.5, 0.6) is 0 Å². The number of hydrogen-bond acceptors (Lipinski definition) is 4. The lowest BCUT2D eigenvalue weighted by atomic mass is 10.1. The van der Waals surface area contributed by atoms with Crippen LogP contribution in [0.3, 0.4) is 0 Å². The molecule has 0 bridgehead atoms. The van der Waals surface area contributed by atoms with Gasteiger partial charge >= 0.3 is 5.97 Å². The van der Waals surface area contributed by atoms with Gasteiger partial charge in [0.05, 0.1) is 10.6 Å². The highest BCUT2D eigenvalue weighted by atomic mass is 35.5. The Bertz CT molecular complexity index is 902. The van der Waals surface area contributed by atoms with Gasteiger partial charge in [-0.3, -0.25) is 9.59 Å². The molecule has 1 aliphatic rings. The normalized spacial score (nSPS) is 13.5. The summed E-state index contributed by atoms with van der Waals surface area (Å²) >= 11 is 5.65. The standard InChI is InChI=1S/C20H18ClFN2O4/c21-16-10-15(7-8-17(16)22)23-18(25)12-28-20(27)14-5-3-13(4-6-14)11-24-9-1-2-19(24)26/h3-8,10H,1-2,9,11-12H2,(H,23,25). The summed E-state index contributed by atoms with van der Waals surface area (Å²) in [4.78, 5) is 37.4. The van der Waals surface area contributed by atoms with Crippen LogP contribution in [-0.2, 0) is 20.9 Å². The van der Waals surface area contributed by atoms with Crippen LogP contribution in [0.15, 0.2) is 42.5 Å². The zero-order valence-electron chi connectivity index (χ0n) is 14.9. The van der Waals surface area contributed by atoms with Crippen molar-refractivity contribution in [1.29, 1.82) is 0 Å². The molecule has 1 aliphatic heterocycles. The van der Waals surface area contributed by atoms with Crippen molar-refractivity contribution in [1.82, 2.24) is 4.90 Å². The Kier molecular flexibility index (Phi) is 6.26. The van der Waals surface area contributed by atoms with Crippen LogP contribution >= 0.6 is 11.6 Å². The number of anilines is 1. The van der Waals surface area contributed by atoms with Crippen molar-refractivity contribution in [2.45, 2.75) is 19.4 Å². The number of rotatable bonds is 6. The molecule has 0 atom stereocenters. The van der Waals surface area contributed by atoms with Gasteiger partial charge in [0.2, 0.25) is 5.91 Å². The van der Waals surface area contributed by atoms with Crippen molar-refractivity contribution in [3.63, 3.8) is 0 Å². The molecule has 28 heavy (non-hydrogen) atoms. The van der Waals surface area contributed by atoms with Crippen LogP contribution < -0.4 is 5.32 Å². The highest BCUT2D eigenvalue weighted by molar-refractivity contribution is 6.31. The summed E-state index contributed by atoms with van der Waals surface area (Å²) in [7, 11) is 0. The van der Waals surface area contributed by atoms with Gasteiger partial charge in [-0.1, -0.05) is 23.7 Å². The van der Waals surface area contributed by atoms with Crippen LogP contribution in [-0.4, -0.2) is 35.8 Å². The average molecular weight is 405 g/mol. The molecule has 8 heteroatoms. The average Bonchev–Trinajstić information content (AvgIpc) is 3.08. The number of carbonyl (C=O) groups is 3. The summed E-state index contributed by atoms with van der Waals surface area (Å²) in [6, 6.07) is 10.4.